The number of fused-ring (bicyclic) bond motifs is 1. The van der Waals surface area contributed by atoms with E-state index < -0.39 is 17.8 Å². The second kappa shape index (κ2) is 6.04. The second-order valence-electron chi connectivity index (χ2n) is 5.68. The van der Waals surface area contributed by atoms with Crippen LogP contribution < -0.4 is 0 Å². The highest BCUT2D eigenvalue weighted by Crippen LogP contribution is 2.28. The van der Waals surface area contributed by atoms with Crippen molar-refractivity contribution in [2.45, 2.75) is 12.6 Å². The van der Waals surface area contributed by atoms with Gasteiger partial charge in [-0.25, -0.2) is 14.4 Å². The van der Waals surface area contributed by atoms with E-state index in [1.165, 1.54) is 28.9 Å². The molecule has 0 saturated heterocycles. The minimum atomic E-state index is -4.68. The molecule has 0 bridgehead atoms. The number of halogens is 4. The minimum Gasteiger partial charge on any atom is -0.492 e. The Labute approximate surface area is 148 Å². The van der Waals surface area contributed by atoms with E-state index in [0.717, 1.165) is 0 Å². The molecule has 7 nitrogen and oxygen atoms in total. The lowest BCUT2D eigenvalue weighted by atomic mass is 10.1. The highest BCUT2D eigenvalue weighted by atomic mass is 19.4. The molecule has 4 rings (SSSR count). The first-order chi connectivity index (χ1) is 12.8. The fraction of sp³-hybridized carbons (Fsp3) is 0.125. The summed E-state index contributed by atoms with van der Waals surface area (Å²) < 4.78 is 53.6. The van der Waals surface area contributed by atoms with Crippen molar-refractivity contribution in [3.8, 4) is 17.4 Å². The molecule has 0 amide bonds. The first-order valence-corrected chi connectivity index (χ1v) is 7.62. The van der Waals surface area contributed by atoms with E-state index in [9.17, 15) is 22.7 Å². The molecular formula is C16H10F4N6O. The van der Waals surface area contributed by atoms with Gasteiger partial charge in [0.25, 0.3) is 0 Å². The van der Waals surface area contributed by atoms with Gasteiger partial charge in [0.15, 0.2) is 5.65 Å². The van der Waals surface area contributed by atoms with Crippen LogP contribution in [-0.2, 0) is 12.6 Å². The van der Waals surface area contributed by atoms with Gasteiger partial charge in [-0.1, -0.05) is 18.2 Å². The van der Waals surface area contributed by atoms with E-state index in [4.69, 9.17) is 0 Å². The van der Waals surface area contributed by atoms with Crippen molar-refractivity contribution in [2.75, 3.05) is 0 Å². The van der Waals surface area contributed by atoms with Gasteiger partial charge < -0.3 is 5.11 Å². The standard InChI is InChI=1S/C16H10F4N6O/c17-9-4-2-1-3-8(9)5-10-14-22-12(27)7-26(14)6-11(21-10)13-23-15(25-24-13)16(18,19)20/h1-4,6-7,27H,5H2,(H,23,24,25). The van der Waals surface area contributed by atoms with Gasteiger partial charge in [0.2, 0.25) is 17.5 Å². The first kappa shape index (κ1) is 16.9. The van der Waals surface area contributed by atoms with Crippen molar-refractivity contribution in [3.63, 3.8) is 0 Å². The van der Waals surface area contributed by atoms with Crippen molar-refractivity contribution in [2.24, 2.45) is 0 Å². The Morgan fingerprint density at radius 2 is 1.85 bits per heavy atom. The number of hydrogen-bond donors (Lipinski definition) is 2. The third-order valence-electron chi connectivity index (χ3n) is 3.79. The smallest absolute Gasteiger partial charge is 0.451 e. The average Bonchev–Trinajstić information content (AvgIpc) is 3.22. The molecule has 2 N–H and O–H groups in total. The molecule has 3 heterocycles. The number of hydrogen-bond acceptors (Lipinski definition) is 5. The second-order valence-corrected chi connectivity index (χ2v) is 5.68. The number of aromatic amines is 1. The molecule has 0 radical (unpaired) electrons. The molecule has 0 aliphatic heterocycles. The zero-order chi connectivity index (χ0) is 19.2. The summed E-state index contributed by atoms with van der Waals surface area (Å²) >= 11 is 0. The number of H-pyrrole nitrogens is 1. The number of nitrogens with one attached hydrogen (secondary N) is 1. The number of alkyl halides is 3. The lowest BCUT2D eigenvalue weighted by molar-refractivity contribution is -0.144. The molecule has 0 saturated carbocycles. The topological polar surface area (TPSA) is 92.0 Å². The van der Waals surface area contributed by atoms with E-state index in [1.807, 2.05) is 5.10 Å². The summed E-state index contributed by atoms with van der Waals surface area (Å²) in [6.45, 7) is 0. The summed E-state index contributed by atoms with van der Waals surface area (Å²) in [6.07, 6.45) is -2.09. The fourth-order valence-electron chi connectivity index (χ4n) is 2.60. The molecule has 0 spiro atoms. The highest BCUT2D eigenvalue weighted by Gasteiger charge is 2.35. The largest absolute Gasteiger partial charge is 0.492 e. The summed E-state index contributed by atoms with van der Waals surface area (Å²) in [6, 6.07) is 6.02. The Hall–Kier alpha value is -3.50. The monoisotopic (exact) mass is 378 g/mol. The summed E-state index contributed by atoms with van der Waals surface area (Å²) in [5.41, 5.74) is 0.817. The summed E-state index contributed by atoms with van der Waals surface area (Å²) in [4.78, 5) is 11.6. The molecule has 4 aromatic rings. The quantitative estimate of drug-likeness (QED) is 0.535. The summed E-state index contributed by atoms with van der Waals surface area (Å²) in [5, 5.41) is 15.0. The third kappa shape index (κ3) is 3.18. The van der Waals surface area contributed by atoms with Gasteiger partial charge >= 0.3 is 6.18 Å². The molecular weight excluding hydrogens is 368 g/mol. The molecule has 0 unspecified atom stereocenters. The van der Waals surface area contributed by atoms with Crippen LogP contribution in [0, 0.1) is 5.82 Å². The van der Waals surface area contributed by atoms with Crippen molar-refractivity contribution in [3.05, 3.63) is 59.6 Å². The van der Waals surface area contributed by atoms with Gasteiger partial charge in [-0.15, -0.1) is 0 Å². The minimum absolute atomic E-state index is 0.0109. The predicted molar refractivity (Wildman–Crippen MR) is 84.2 cm³/mol. The normalized spacial score (nSPS) is 12.0. The van der Waals surface area contributed by atoms with Gasteiger partial charge in [-0.2, -0.15) is 23.3 Å². The Balaban J connectivity index is 1.83. The number of benzene rings is 1. The van der Waals surface area contributed by atoms with E-state index in [1.54, 1.807) is 12.1 Å². The number of aromatic nitrogens is 6. The van der Waals surface area contributed by atoms with Crippen LogP contribution in [-0.4, -0.2) is 34.7 Å². The van der Waals surface area contributed by atoms with Crippen LogP contribution in [0.3, 0.4) is 0 Å². The molecule has 0 atom stereocenters. The van der Waals surface area contributed by atoms with Crippen LogP contribution in [0.15, 0.2) is 36.7 Å². The van der Waals surface area contributed by atoms with E-state index in [0.29, 0.717) is 5.56 Å². The Kier molecular flexibility index (Phi) is 3.79. The van der Waals surface area contributed by atoms with Crippen LogP contribution in [0.4, 0.5) is 17.6 Å². The lowest BCUT2D eigenvalue weighted by Crippen LogP contribution is -2.07. The van der Waals surface area contributed by atoms with Crippen LogP contribution in [0.25, 0.3) is 17.2 Å². The highest BCUT2D eigenvalue weighted by molar-refractivity contribution is 5.56. The molecule has 138 valence electrons. The Morgan fingerprint density at radius 1 is 1.07 bits per heavy atom. The maximum absolute atomic E-state index is 14.0. The molecule has 0 aliphatic rings. The molecule has 0 fully saturated rings. The van der Waals surface area contributed by atoms with Gasteiger partial charge in [0, 0.05) is 12.6 Å². The zero-order valence-electron chi connectivity index (χ0n) is 13.4. The lowest BCUT2D eigenvalue weighted by Gasteiger charge is -2.06. The average molecular weight is 378 g/mol. The predicted octanol–water partition coefficient (Wildman–Crippen LogP) is 2.97. The van der Waals surface area contributed by atoms with Gasteiger partial charge in [0.05, 0.1) is 11.9 Å². The third-order valence-corrected chi connectivity index (χ3v) is 3.79. The first-order valence-electron chi connectivity index (χ1n) is 7.62. The van der Waals surface area contributed by atoms with Crippen LogP contribution in [0.5, 0.6) is 5.88 Å². The maximum atomic E-state index is 14.0. The summed E-state index contributed by atoms with van der Waals surface area (Å²) in [5.74, 6) is -2.32. The van der Waals surface area contributed by atoms with Crippen LogP contribution >= 0.6 is 0 Å². The Bertz CT molecular complexity index is 1130. The van der Waals surface area contributed by atoms with Gasteiger partial charge in [-0.3, -0.25) is 9.50 Å². The molecule has 27 heavy (non-hydrogen) atoms. The van der Waals surface area contributed by atoms with Crippen molar-refractivity contribution >= 4 is 5.65 Å². The molecule has 0 aliphatic carbocycles. The van der Waals surface area contributed by atoms with Gasteiger partial charge in [-0.05, 0) is 11.6 Å². The Morgan fingerprint density at radius 3 is 2.56 bits per heavy atom. The zero-order valence-corrected chi connectivity index (χ0v) is 13.4. The molecule has 1 aromatic carbocycles. The van der Waals surface area contributed by atoms with Crippen molar-refractivity contribution in [1.29, 1.82) is 0 Å². The van der Waals surface area contributed by atoms with Gasteiger partial charge in [0.1, 0.15) is 11.5 Å². The van der Waals surface area contributed by atoms with Crippen molar-refractivity contribution in [1.82, 2.24) is 29.5 Å². The van der Waals surface area contributed by atoms with E-state index in [-0.39, 0.29) is 35.2 Å². The van der Waals surface area contributed by atoms with E-state index in [2.05, 4.69) is 20.1 Å². The number of rotatable bonds is 3. The van der Waals surface area contributed by atoms with Crippen LogP contribution in [0.2, 0.25) is 0 Å². The molecule has 11 heteroatoms. The van der Waals surface area contributed by atoms with Crippen LogP contribution in [0.1, 0.15) is 17.1 Å². The number of imidazole rings is 1. The van der Waals surface area contributed by atoms with Crippen molar-refractivity contribution < 1.29 is 22.7 Å². The number of aromatic hydroxyl groups is 1. The SMILES string of the molecule is Oc1cn2cc(-c3n[nH]c(C(F)(F)F)n3)nc(Cc3ccccc3F)c2n1. The number of nitrogens with zero attached hydrogens (tertiary/aromatic N) is 5. The maximum Gasteiger partial charge on any atom is 0.451 e. The summed E-state index contributed by atoms with van der Waals surface area (Å²) in [7, 11) is 0. The fourth-order valence-corrected chi connectivity index (χ4v) is 2.60. The van der Waals surface area contributed by atoms with E-state index >= 15 is 0 Å². The molecule has 3 aromatic heterocycles.